The Kier molecular flexibility index (Phi) is 4.74. The van der Waals surface area contributed by atoms with E-state index in [1.165, 1.54) is 28.9 Å². The largest absolute Gasteiger partial charge is 0.389 e. The lowest BCUT2D eigenvalue weighted by molar-refractivity contribution is -0.134. The smallest absolute Gasteiger partial charge is 0.383 e. The minimum Gasteiger partial charge on any atom is -0.383 e. The summed E-state index contributed by atoms with van der Waals surface area (Å²) in [6, 6.07) is 2.55. The van der Waals surface area contributed by atoms with Gasteiger partial charge in [-0.15, -0.1) is 0 Å². The van der Waals surface area contributed by atoms with E-state index in [1.54, 1.807) is 13.1 Å². The fraction of sp³-hybridized carbons (Fsp3) is 0.238. The molecule has 13 heteroatoms. The third-order valence-electron chi connectivity index (χ3n) is 5.68. The van der Waals surface area contributed by atoms with Crippen LogP contribution in [0, 0.1) is 5.82 Å². The van der Waals surface area contributed by atoms with E-state index in [-0.39, 0.29) is 52.2 Å². The molecule has 0 bridgehead atoms. The van der Waals surface area contributed by atoms with E-state index in [9.17, 15) is 22.4 Å². The number of hydrogen-bond acceptors (Lipinski definition) is 7. The van der Waals surface area contributed by atoms with Gasteiger partial charge < -0.3 is 15.5 Å². The Morgan fingerprint density at radius 3 is 2.68 bits per heavy atom. The van der Waals surface area contributed by atoms with Crippen LogP contribution in [0.15, 0.2) is 36.9 Å². The molecular weight excluding hydrogens is 456 g/mol. The summed E-state index contributed by atoms with van der Waals surface area (Å²) >= 11 is 0. The van der Waals surface area contributed by atoms with Crippen LogP contribution in [-0.2, 0) is 16.6 Å². The fourth-order valence-corrected chi connectivity index (χ4v) is 3.97. The Hall–Kier alpha value is -4.16. The molecule has 0 saturated heterocycles. The number of nitrogens with one attached hydrogen (secondary N) is 1. The number of carbonyl (C=O) groups is 1. The number of amides is 1. The molecule has 1 amide bonds. The number of hydrogen-bond donors (Lipinski definition) is 2. The van der Waals surface area contributed by atoms with Crippen molar-refractivity contribution in [2.24, 2.45) is 0 Å². The zero-order chi connectivity index (χ0) is 24.3. The molecule has 174 valence electrons. The van der Waals surface area contributed by atoms with Crippen molar-refractivity contribution in [3.8, 4) is 11.5 Å². The van der Waals surface area contributed by atoms with Crippen LogP contribution in [0.5, 0.6) is 0 Å². The fourth-order valence-electron chi connectivity index (χ4n) is 3.97. The van der Waals surface area contributed by atoms with Crippen molar-refractivity contribution in [2.75, 3.05) is 11.1 Å². The van der Waals surface area contributed by atoms with Gasteiger partial charge in [0.15, 0.2) is 11.5 Å². The maximum atomic E-state index is 13.4. The molecule has 1 aliphatic heterocycles. The number of carbonyl (C=O) groups excluding carboxylic acids is 1. The normalized spacial score (nSPS) is 17.7. The third kappa shape index (κ3) is 3.49. The Balaban J connectivity index is 1.60. The number of pyridine rings is 1. The number of alkyl halides is 3. The maximum absolute atomic E-state index is 13.4. The van der Waals surface area contributed by atoms with Crippen molar-refractivity contribution in [1.29, 1.82) is 0 Å². The second kappa shape index (κ2) is 7.43. The van der Waals surface area contributed by atoms with Crippen LogP contribution in [-0.4, -0.2) is 41.4 Å². The molecule has 1 unspecified atom stereocenters. The Morgan fingerprint density at radius 2 is 1.97 bits per heavy atom. The molecule has 3 N–H and O–H groups in total. The van der Waals surface area contributed by atoms with Crippen molar-refractivity contribution < 1.29 is 22.4 Å². The summed E-state index contributed by atoms with van der Waals surface area (Å²) in [6.45, 7) is 1.57. The van der Waals surface area contributed by atoms with E-state index in [4.69, 9.17) is 5.73 Å². The van der Waals surface area contributed by atoms with E-state index in [1.807, 2.05) is 0 Å². The van der Waals surface area contributed by atoms with Crippen LogP contribution in [0.3, 0.4) is 0 Å². The van der Waals surface area contributed by atoms with Gasteiger partial charge in [-0.05, 0) is 19.1 Å². The number of nitrogens with zero attached hydrogens (tertiary/aromatic N) is 6. The number of imidazole rings is 1. The highest BCUT2D eigenvalue weighted by atomic mass is 19.4. The summed E-state index contributed by atoms with van der Waals surface area (Å²) in [5.41, 5.74) is 5.92. The zero-order valence-electron chi connectivity index (χ0n) is 17.6. The highest BCUT2D eigenvalue weighted by Gasteiger charge is 2.48. The highest BCUT2D eigenvalue weighted by molar-refractivity contribution is 6.08. The van der Waals surface area contributed by atoms with Gasteiger partial charge in [-0.1, -0.05) is 0 Å². The number of nitrogen functional groups attached to an aromatic ring is 1. The summed E-state index contributed by atoms with van der Waals surface area (Å²) in [4.78, 5) is 34.0. The van der Waals surface area contributed by atoms with Gasteiger partial charge >= 0.3 is 6.18 Å². The molecule has 34 heavy (non-hydrogen) atoms. The van der Waals surface area contributed by atoms with Crippen LogP contribution in [0.25, 0.3) is 17.2 Å². The lowest BCUT2D eigenvalue weighted by Crippen LogP contribution is -2.34. The predicted molar refractivity (Wildman–Crippen MR) is 112 cm³/mol. The van der Waals surface area contributed by atoms with Crippen molar-refractivity contribution >= 4 is 23.2 Å². The SMILES string of the molecule is CC1(c2ccc(F)cn2)C(=O)Nc2nc(-c3cn4ccnc4c(CCC(F)(F)F)n3)nc(N)c21. The van der Waals surface area contributed by atoms with Gasteiger partial charge in [-0.25, -0.2) is 24.3 Å². The summed E-state index contributed by atoms with van der Waals surface area (Å²) in [6.07, 6.45) is -0.312. The topological polar surface area (TPSA) is 124 Å². The molecule has 0 saturated carbocycles. The first-order valence-corrected chi connectivity index (χ1v) is 10.1. The standard InChI is InChI=1S/C21H16F4N8O/c1-20(13-3-2-10(22)8-28-13)14-15(26)30-16(31-17(14)32-19(20)34)12-9-33-7-6-27-18(33)11(29-12)4-5-21(23,24)25/h2-3,6-9H,4-5H2,1H3,(H3,26,30,31,32,34). The molecule has 4 aromatic heterocycles. The molecular formula is C21H16F4N8O. The van der Waals surface area contributed by atoms with Gasteiger partial charge in [0.25, 0.3) is 0 Å². The summed E-state index contributed by atoms with van der Waals surface area (Å²) < 4.78 is 53.3. The van der Waals surface area contributed by atoms with E-state index >= 15 is 0 Å². The Labute approximate surface area is 189 Å². The monoisotopic (exact) mass is 472 g/mol. The minimum absolute atomic E-state index is 0.0109. The lowest BCUT2D eigenvalue weighted by atomic mass is 9.81. The highest BCUT2D eigenvalue weighted by Crippen LogP contribution is 2.44. The molecule has 4 aromatic rings. The van der Waals surface area contributed by atoms with Gasteiger partial charge in [-0.3, -0.25) is 9.78 Å². The van der Waals surface area contributed by atoms with E-state index in [0.29, 0.717) is 0 Å². The summed E-state index contributed by atoms with van der Waals surface area (Å²) in [7, 11) is 0. The maximum Gasteiger partial charge on any atom is 0.389 e. The number of aryl methyl sites for hydroxylation is 1. The van der Waals surface area contributed by atoms with Gasteiger partial charge in [0.2, 0.25) is 5.91 Å². The summed E-state index contributed by atoms with van der Waals surface area (Å²) in [5.74, 6) is -0.963. The quantitative estimate of drug-likeness (QED) is 0.438. The number of aromatic nitrogens is 6. The van der Waals surface area contributed by atoms with Gasteiger partial charge in [0.05, 0.1) is 23.1 Å². The van der Waals surface area contributed by atoms with Crippen LogP contribution in [0.2, 0.25) is 0 Å². The average Bonchev–Trinajstić information content (AvgIpc) is 3.35. The molecule has 0 aromatic carbocycles. The van der Waals surface area contributed by atoms with Gasteiger partial charge in [0, 0.05) is 31.4 Å². The Bertz CT molecular complexity index is 1430. The lowest BCUT2D eigenvalue weighted by Gasteiger charge is -2.22. The first-order valence-electron chi connectivity index (χ1n) is 10.1. The number of fused-ring (bicyclic) bond motifs is 2. The molecule has 1 atom stereocenters. The molecule has 9 nitrogen and oxygen atoms in total. The molecule has 5 rings (SSSR count). The minimum atomic E-state index is -4.36. The van der Waals surface area contributed by atoms with E-state index in [2.05, 4.69) is 30.2 Å². The van der Waals surface area contributed by atoms with Crippen molar-refractivity contribution in [1.82, 2.24) is 29.3 Å². The number of nitrogens with two attached hydrogens (primary N) is 1. The second-order valence-electron chi connectivity index (χ2n) is 7.94. The van der Waals surface area contributed by atoms with Gasteiger partial charge in [0.1, 0.15) is 28.6 Å². The molecule has 0 aliphatic carbocycles. The molecule has 0 radical (unpaired) electrons. The van der Waals surface area contributed by atoms with Crippen LogP contribution in [0.4, 0.5) is 29.2 Å². The molecule has 1 aliphatic rings. The summed E-state index contributed by atoms with van der Waals surface area (Å²) in [5, 5.41) is 2.64. The molecule has 0 spiro atoms. The average molecular weight is 472 g/mol. The van der Waals surface area contributed by atoms with E-state index in [0.717, 1.165) is 6.20 Å². The predicted octanol–water partition coefficient (Wildman–Crippen LogP) is 3.06. The second-order valence-corrected chi connectivity index (χ2v) is 7.94. The number of halogens is 4. The van der Waals surface area contributed by atoms with Crippen molar-refractivity contribution in [2.45, 2.75) is 31.4 Å². The van der Waals surface area contributed by atoms with Crippen LogP contribution < -0.4 is 11.1 Å². The number of anilines is 2. The van der Waals surface area contributed by atoms with Crippen LogP contribution >= 0.6 is 0 Å². The van der Waals surface area contributed by atoms with E-state index < -0.39 is 29.7 Å². The zero-order valence-corrected chi connectivity index (χ0v) is 17.6. The molecule has 5 heterocycles. The number of rotatable bonds is 4. The first-order chi connectivity index (χ1) is 16.1. The van der Waals surface area contributed by atoms with Crippen molar-refractivity contribution in [3.63, 3.8) is 0 Å². The third-order valence-corrected chi connectivity index (χ3v) is 5.68. The van der Waals surface area contributed by atoms with Crippen molar-refractivity contribution in [3.05, 3.63) is 59.7 Å². The van der Waals surface area contributed by atoms with Gasteiger partial charge in [-0.2, -0.15) is 13.2 Å². The first kappa shape index (κ1) is 21.7. The molecule has 0 fully saturated rings. The van der Waals surface area contributed by atoms with Crippen LogP contribution in [0.1, 0.15) is 30.3 Å². The Morgan fingerprint density at radius 1 is 1.18 bits per heavy atom.